The number of rotatable bonds is 3. The molecule has 1 unspecified atom stereocenters. The predicted octanol–water partition coefficient (Wildman–Crippen LogP) is 2.60. The van der Waals surface area contributed by atoms with E-state index in [1.807, 2.05) is 38.5 Å². The first kappa shape index (κ1) is 10.9. The third-order valence-corrected chi connectivity index (χ3v) is 2.76. The van der Waals surface area contributed by atoms with Crippen LogP contribution in [0.2, 0.25) is 0 Å². The number of aryl methyl sites for hydroxylation is 2. The lowest BCUT2D eigenvalue weighted by Gasteiger charge is -2.16. The van der Waals surface area contributed by atoms with Gasteiger partial charge in [0.25, 0.3) is 0 Å². The SMILES string of the molecule is CNC(c1coc(C)c1)c1cnccc1C. The average Bonchev–Trinajstić information content (AvgIpc) is 2.69. The van der Waals surface area contributed by atoms with Crippen LogP contribution in [-0.4, -0.2) is 12.0 Å². The number of hydrogen-bond acceptors (Lipinski definition) is 3. The Kier molecular flexibility index (Phi) is 3.06. The lowest BCUT2D eigenvalue weighted by atomic mass is 9.99. The van der Waals surface area contributed by atoms with Gasteiger partial charge in [0.15, 0.2) is 0 Å². The topological polar surface area (TPSA) is 38.1 Å². The molecule has 0 bridgehead atoms. The summed E-state index contributed by atoms with van der Waals surface area (Å²) >= 11 is 0. The Morgan fingerprint density at radius 2 is 2.19 bits per heavy atom. The number of nitrogens with one attached hydrogen (secondary N) is 1. The van der Waals surface area contributed by atoms with Crippen molar-refractivity contribution in [3.8, 4) is 0 Å². The molecule has 2 aromatic rings. The van der Waals surface area contributed by atoms with Gasteiger partial charge in [0, 0.05) is 18.0 Å². The normalized spacial score (nSPS) is 12.7. The van der Waals surface area contributed by atoms with Crippen LogP contribution in [0.25, 0.3) is 0 Å². The first-order valence-electron chi connectivity index (χ1n) is 5.35. The van der Waals surface area contributed by atoms with Gasteiger partial charge in [0.1, 0.15) is 5.76 Å². The summed E-state index contributed by atoms with van der Waals surface area (Å²) in [5.74, 6) is 0.928. The molecular weight excluding hydrogens is 200 g/mol. The molecule has 0 fully saturated rings. The van der Waals surface area contributed by atoms with E-state index >= 15 is 0 Å². The van der Waals surface area contributed by atoms with Crippen molar-refractivity contribution in [1.29, 1.82) is 0 Å². The molecular formula is C13H16N2O. The number of pyridine rings is 1. The lowest BCUT2D eigenvalue weighted by molar-refractivity contribution is 0.527. The molecule has 0 aliphatic carbocycles. The Morgan fingerprint density at radius 3 is 2.75 bits per heavy atom. The molecule has 0 spiro atoms. The van der Waals surface area contributed by atoms with E-state index in [2.05, 4.69) is 17.2 Å². The second-order valence-corrected chi connectivity index (χ2v) is 3.94. The van der Waals surface area contributed by atoms with E-state index in [4.69, 9.17) is 4.42 Å². The fourth-order valence-corrected chi connectivity index (χ4v) is 1.90. The van der Waals surface area contributed by atoms with Crippen molar-refractivity contribution in [2.24, 2.45) is 0 Å². The molecule has 0 aromatic carbocycles. The molecule has 0 aliphatic rings. The lowest BCUT2D eigenvalue weighted by Crippen LogP contribution is -2.18. The van der Waals surface area contributed by atoms with Crippen molar-refractivity contribution in [2.75, 3.05) is 7.05 Å². The smallest absolute Gasteiger partial charge is 0.101 e. The number of nitrogens with zero attached hydrogens (tertiary/aromatic N) is 1. The molecule has 2 aromatic heterocycles. The molecule has 0 amide bonds. The minimum Gasteiger partial charge on any atom is -0.469 e. The van der Waals surface area contributed by atoms with E-state index in [0.717, 1.165) is 11.3 Å². The van der Waals surface area contributed by atoms with Crippen molar-refractivity contribution >= 4 is 0 Å². The summed E-state index contributed by atoms with van der Waals surface area (Å²) in [5, 5.41) is 3.29. The minimum absolute atomic E-state index is 0.145. The summed E-state index contributed by atoms with van der Waals surface area (Å²) in [6, 6.07) is 4.21. The predicted molar refractivity (Wildman–Crippen MR) is 63.3 cm³/mol. The fourth-order valence-electron chi connectivity index (χ4n) is 1.90. The van der Waals surface area contributed by atoms with Gasteiger partial charge in [0.05, 0.1) is 12.3 Å². The summed E-state index contributed by atoms with van der Waals surface area (Å²) in [6.45, 7) is 4.04. The Hall–Kier alpha value is -1.61. The van der Waals surface area contributed by atoms with E-state index in [9.17, 15) is 0 Å². The quantitative estimate of drug-likeness (QED) is 0.857. The van der Waals surface area contributed by atoms with Gasteiger partial charge >= 0.3 is 0 Å². The van der Waals surface area contributed by atoms with Gasteiger partial charge < -0.3 is 9.73 Å². The molecule has 0 radical (unpaired) electrons. The van der Waals surface area contributed by atoms with Crippen LogP contribution in [0, 0.1) is 13.8 Å². The zero-order valence-corrected chi connectivity index (χ0v) is 9.82. The number of furan rings is 1. The zero-order valence-electron chi connectivity index (χ0n) is 9.82. The molecule has 1 N–H and O–H groups in total. The van der Waals surface area contributed by atoms with Gasteiger partial charge in [-0.2, -0.15) is 0 Å². The van der Waals surface area contributed by atoms with Gasteiger partial charge in [-0.25, -0.2) is 0 Å². The summed E-state index contributed by atoms with van der Waals surface area (Å²) in [5.41, 5.74) is 3.55. The highest BCUT2D eigenvalue weighted by Gasteiger charge is 2.15. The Balaban J connectivity index is 2.40. The van der Waals surface area contributed by atoms with Crippen molar-refractivity contribution in [3.63, 3.8) is 0 Å². The molecule has 1 atom stereocenters. The molecule has 2 heterocycles. The third kappa shape index (κ3) is 1.99. The summed E-state index contributed by atoms with van der Waals surface area (Å²) in [7, 11) is 1.94. The highest BCUT2D eigenvalue weighted by atomic mass is 16.3. The van der Waals surface area contributed by atoms with Crippen LogP contribution in [-0.2, 0) is 0 Å². The van der Waals surface area contributed by atoms with Gasteiger partial charge in [-0.15, -0.1) is 0 Å². The van der Waals surface area contributed by atoms with E-state index in [0.29, 0.717) is 0 Å². The van der Waals surface area contributed by atoms with E-state index < -0.39 is 0 Å². The van der Waals surface area contributed by atoms with Crippen molar-refractivity contribution in [1.82, 2.24) is 10.3 Å². The Bertz CT molecular complexity index is 476. The number of aromatic nitrogens is 1. The van der Waals surface area contributed by atoms with Crippen LogP contribution in [0.5, 0.6) is 0 Å². The second kappa shape index (κ2) is 4.49. The highest BCUT2D eigenvalue weighted by molar-refractivity contribution is 5.33. The minimum atomic E-state index is 0.145. The van der Waals surface area contributed by atoms with Gasteiger partial charge in [-0.3, -0.25) is 4.98 Å². The van der Waals surface area contributed by atoms with Crippen molar-refractivity contribution in [2.45, 2.75) is 19.9 Å². The van der Waals surface area contributed by atoms with Crippen LogP contribution >= 0.6 is 0 Å². The maximum absolute atomic E-state index is 5.35. The zero-order chi connectivity index (χ0) is 11.5. The summed E-state index contributed by atoms with van der Waals surface area (Å²) < 4.78 is 5.35. The first-order chi connectivity index (χ1) is 7.72. The maximum atomic E-state index is 5.35. The van der Waals surface area contributed by atoms with E-state index in [1.54, 1.807) is 6.26 Å². The molecule has 3 nitrogen and oxygen atoms in total. The van der Waals surface area contributed by atoms with E-state index in [1.165, 1.54) is 11.1 Å². The van der Waals surface area contributed by atoms with Gasteiger partial charge in [0.2, 0.25) is 0 Å². The van der Waals surface area contributed by atoms with Crippen molar-refractivity contribution in [3.05, 3.63) is 53.2 Å². The average molecular weight is 216 g/mol. The number of hydrogen-bond donors (Lipinski definition) is 1. The van der Waals surface area contributed by atoms with Gasteiger partial charge in [-0.05, 0) is 44.2 Å². The van der Waals surface area contributed by atoms with Crippen LogP contribution in [0.4, 0.5) is 0 Å². The standard InChI is InChI=1S/C13H16N2O/c1-9-4-5-15-7-12(9)13(14-3)11-6-10(2)16-8-11/h4-8,13-14H,1-3H3. The van der Waals surface area contributed by atoms with Crippen LogP contribution in [0.15, 0.2) is 35.2 Å². The molecule has 3 heteroatoms. The van der Waals surface area contributed by atoms with Crippen LogP contribution < -0.4 is 5.32 Å². The second-order valence-electron chi connectivity index (χ2n) is 3.94. The summed E-state index contributed by atoms with van der Waals surface area (Å²) in [4.78, 5) is 4.18. The first-order valence-corrected chi connectivity index (χ1v) is 5.35. The molecule has 0 saturated heterocycles. The third-order valence-electron chi connectivity index (χ3n) is 2.76. The molecule has 84 valence electrons. The van der Waals surface area contributed by atoms with Crippen molar-refractivity contribution < 1.29 is 4.42 Å². The molecule has 16 heavy (non-hydrogen) atoms. The van der Waals surface area contributed by atoms with Gasteiger partial charge in [-0.1, -0.05) is 0 Å². The maximum Gasteiger partial charge on any atom is 0.101 e. The molecule has 0 saturated carbocycles. The van der Waals surface area contributed by atoms with Crippen LogP contribution in [0.1, 0.15) is 28.5 Å². The molecule has 0 aliphatic heterocycles. The highest BCUT2D eigenvalue weighted by Crippen LogP contribution is 2.25. The van der Waals surface area contributed by atoms with E-state index in [-0.39, 0.29) is 6.04 Å². The van der Waals surface area contributed by atoms with Crippen LogP contribution in [0.3, 0.4) is 0 Å². The molecule has 2 rings (SSSR count). The summed E-state index contributed by atoms with van der Waals surface area (Å²) in [6.07, 6.45) is 5.51. The largest absolute Gasteiger partial charge is 0.469 e. The Morgan fingerprint density at radius 1 is 1.38 bits per heavy atom. The monoisotopic (exact) mass is 216 g/mol. The fraction of sp³-hybridized carbons (Fsp3) is 0.308. The Labute approximate surface area is 95.5 Å².